The number of nitrogens with zero attached hydrogens (tertiary/aromatic N) is 1. The quantitative estimate of drug-likeness (QED) is 0.611. The van der Waals surface area contributed by atoms with Crippen molar-refractivity contribution in [2.75, 3.05) is 18.1 Å². The summed E-state index contributed by atoms with van der Waals surface area (Å²) in [5.41, 5.74) is 0.795. The van der Waals surface area contributed by atoms with Crippen LogP contribution in [0.2, 0.25) is 0 Å². The molecule has 0 aromatic heterocycles. The second-order valence-corrected chi connectivity index (χ2v) is 5.53. The third-order valence-electron chi connectivity index (χ3n) is 4.12. The highest BCUT2D eigenvalue weighted by molar-refractivity contribution is 6.28. The second kappa shape index (κ2) is 6.34. The van der Waals surface area contributed by atoms with Crippen LogP contribution in [0.25, 0.3) is 0 Å². The van der Waals surface area contributed by atoms with Crippen LogP contribution in [0.5, 0.6) is 0 Å². The van der Waals surface area contributed by atoms with Crippen molar-refractivity contribution >= 4 is 23.5 Å². The molecule has 1 aromatic rings. The highest BCUT2D eigenvalue weighted by atomic mass is 16.6. The van der Waals surface area contributed by atoms with E-state index in [0.29, 0.717) is 17.2 Å². The number of hydrogen-bond acceptors (Lipinski definition) is 5. The molecule has 23 heavy (non-hydrogen) atoms. The maximum atomic E-state index is 12.0. The molecule has 1 aromatic carbocycles. The van der Waals surface area contributed by atoms with Gasteiger partial charge in [0.2, 0.25) is 0 Å². The summed E-state index contributed by atoms with van der Waals surface area (Å²) in [7, 11) is 0. The summed E-state index contributed by atoms with van der Waals surface area (Å²) in [6.45, 7) is 3.04. The van der Waals surface area contributed by atoms with Crippen molar-refractivity contribution in [3.63, 3.8) is 0 Å². The Kier molecular flexibility index (Phi) is 4.25. The number of benzene rings is 1. The summed E-state index contributed by atoms with van der Waals surface area (Å²) < 4.78 is 10.6. The molecule has 2 aliphatic heterocycles. The number of imide groups is 1. The maximum absolute atomic E-state index is 12.0. The van der Waals surface area contributed by atoms with Crippen LogP contribution in [0, 0.1) is 5.92 Å². The molecular weight excluding hydrogens is 298 g/mol. The highest BCUT2D eigenvalue weighted by Gasteiger charge is 2.31. The predicted octanol–water partition coefficient (Wildman–Crippen LogP) is 1.70. The van der Waals surface area contributed by atoms with E-state index in [1.165, 1.54) is 24.3 Å². The van der Waals surface area contributed by atoms with E-state index in [1.54, 1.807) is 12.1 Å². The number of anilines is 1. The van der Waals surface area contributed by atoms with Crippen molar-refractivity contribution in [1.29, 1.82) is 0 Å². The van der Waals surface area contributed by atoms with E-state index in [0.717, 1.165) is 17.9 Å². The molecule has 1 saturated heterocycles. The normalized spacial score (nSPS) is 23.1. The van der Waals surface area contributed by atoms with Gasteiger partial charge in [0.15, 0.2) is 0 Å². The number of amides is 2. The van der Waals surface area contributed by atoms with Gasteiger partial charge in [0.05, 0.1) is 24.0 Å². The van der Waals surface area contributed by atoms with Gasteiger partial charge in [-0.05, 0) is 30.7 Å². The van der Waals surface area contributed by atoms with Crippen molar-refractivity contribution in [2.45, 2.75) is 19.4 Å². The predicted molar refractivity (Wildman–Crippen MR) is 81.9 cm³/mol. The number of hydrogen-bond donors (Lipinski definition) is 0. The van der Waals surface area contributed by atoms with E-state index < -0.39 is 17.8 Å². The Hall–Kier alpha value is -2.47. The summed E-state index contributed by atoms with van der Waals surface area (Å²) in [4.78, 5) is 36.2. The van der Waals surface area contributed by atoms with Crippen molar-refractivity contribution in [3.05, 3.63) is 42.0 Å². The zero-order valence-corrected chi connectivity index (χ0v) is 12.7. The van der Waals surface area contributed by atoms with Gasteiger partial charge in [0.1, 0.15) is 6.61 Å². The van der Waals surface area contributed by atoms with Gasteiger partial charge >= 0.3 is 5.97 Å². The van der Waals surface area contributed by atoms with E-state index in [4.69, 9.17) is 9.47 Å². The molecule has 6 heteroatoms. The Bertz CT molecular complexity index is 644. The molecule has 0 spiro atoms. The number of carbonyl (C=O) groups is 3. The van der Waals surface area contributed by atoms with Crippen LogP contribution in [0.4, 0.5) is 5.69 Å². The lowest BCUT2D eigenvalue weighted by Gasteiger charge is -2.35. The van der Waals surface area contributed by atoms with Crippen LogP contribution >= 0.6 is 0 Å². The number of carbonyl (C=O) groups excluding carboxylic acids is 3. The topological polar surface area (TPSA) is 72.9 Å². The SMILES string of the molecule is CCC1COC1COC(=O)c1ccc(N2C(=O)C=CC2=O)cc1. The van der Waals surface area contributed by atoms with Crippen LogP contribution < -0.4 is 4.90 Å². The van der Waals surface area contributed by atoms with E-state index in [-0.39, 0.29) is 12.7 Å². The zero-order valence-electron chi connectivity index (χ0n) is 12.7. The standard InChI is InChI=1S/C17H17NO5/c1-2-11-9-22-14(11)10-23-17(21)12-3-5-13(6-4-12)18-15(19)7-8-16(18)20/h3-8,11,14H,2,9-10H2,1H3. The Labute approximate surface area is 133 Å². The molecule has 2 atom stereocenters. The van der Waals surface area contributed by atoms with Crippen molar-refractivity contribution in [3.8, 4) is 0 Å². The number of rotatable bonds is 5. The van der Waals surface area contributed by atoms with Gasteiger partial charge in [-0.15, -0.1) is 0 Å². The average molecular weight is 315 g/mol. The van der Waals surface area contributed by atoms with E-state index in [9.17, 15) is 14.4 Å². The minimum absolute atomic E-state index is 0.0193. The van der Waals surface area contributed by atoms with Crippen LogP contribution in [0.3, 0.4) is 0 Å². The fourth-order valence-corrected chi connectivity index (χ4v) is 2.58. The lowest BCUT2D eigenvalue weighted by Crippen LogP contribution is -2.43. The molecule has 0 saturated carbocycles. The van der Waals surface area contributed by atoms with Gasteiger partial charge in [-0.25, -0.2) is 9.69 Å². The Morgan fingerprint density at radius 1 is 1.22 bits per heavy atom. The molecule has 1 fully saturated rings. The lowest BCUT2D eigenvalue weighted by molar-refractivity contribution is -0.137. The summed E-state index contributed by atoms with van der Waals surface area (Å²) in [5, 5.41) is 0. The maximum Gasteiger partial charge on any atom is 0.338 e. The van der Waals surface area contributed by atoms with Crippen LogP contribution in [0.1, 0.15) is 23.7 Å². The first-order valence-electron chi connectivity index (χ1n) is 7.55. The fraction of sp³-hybridized carbons (Fsp3) is 0.353. The molecule has 2 unspecified atom stereocenters. The third-order valence-corrected chi connectivity index (χ3v) is 4.12. The molecule has 6 nitrogen and oxygen atoms in total. The Balaban J connectivity index is 1.59. The van der Waals surface area contributed by atoms with E-state index >= 15 is 0 Å². The highest BCUT2D eigenvalue weighted by Crippen LogP contribution is 2.24. The first kappa shape index (κ1) is 15.4. The summed E-state index contributed by atoms with van der Waals surface area (Å²) in [5.74, 6) is -0.778. The summed E-state index contributed by atoms with van der Waals surface area (Å²) in [6.07, 6.45) is 3.41. The monoisotopic (exact) mass is 315 g/mol. The van der Waals surface area contributed by atoms with Crippen molar-refractivity contribution in [1.82, 2.24) is 0 Å². The summed E-state index contributed by atoms with van der Waals surface area (Å²) >= 11 is 0. The summed E-state index contributed by atoms with van der Waals surface area (Å²) in [6, 6.07) is 6.17. The first-order chi connectivity index (χ1) is 11.1. The molecule has 120 valence electrons. The van der Waals surface area contributed by atoms with Gasteiger partial charge in [0.25, 0.3) is 11.8 Å². The minimum Gasteiger partial charge on any atom is -0.459 e. The molecule has 0 bridgehead atoms. The molecule has 2 amide bonds. The number of esters is 1. The molecule has 0 radical (unpaired) electrons. The van der Waals surface area contributed by atoms with Gasteiger partial charge in [-0.2, -0.15) is 0 Å². The zero-order chi connectivity index (χ0) is 16.4. The van der Waals surface area contributed by atoms with Gasteiger partial charge in [-0.3, -0.25) is 9.59 Å². The molecule has 2 heterocycles. The van der Waals surface area contributed by atoms with Crippen LogP contribution in [-0.2, 0) is 19.1 Å². The smallest absolute Gasteiger partial charge is 0.338 e. The largest absolute Gasteiger partial charge is 0.459 e. The van der Waals surface area contributed by atoms with Crippen LogP contribution in [-0.4, -0.2) is 37.1 Å². The minimum atomic E-state index is -0.445. The Morgan fingerprint density at radius 2 is 1.87 bits per heavy atom. The van der Waals surface area contributed by atoms with Gasteiger partial charge in [0, 0.05) is 18.1 Å². The number of ether oxygens (including phenoxy) is 2. The molecule has 3 rings (SSSR count). The van der Waals surface area contributed by atoms with Gasteiger partial charge < -0.3 is 9.47 Å². The van der Waals surface area contributed by atoms with Crippen LogP contribution in [0.15, 0.2) is 36.4 Å². The molecule has 2 aliphatic rings. The van der Waals surface area contributed by atoms with Gasteiger partial charge in [-0.1, -0.05) is 6.92 Å². The second-order valence-electron chi connectivity index (χ2n) is 5.53. The van der Waals surface area contributed by atoms with E-state index in [2.05, 4.69) is 6.92 Å². The third kappa shape index (κ3) is 3.03. The lowest BCUT2D eigenvalue weighted by atomic mass is 9.96. The molecular formula is C17H17NO5. The first-order valence-corrected chi connectivity index (χ1v) is 7.55. The molecule has 0 aliphatic carbocycles. The van der Waals surface area contributed by atoms with E-state index in [1.807, 2.05) is 0 Å². The Morgan fingerprint density at radius 3 is 2.39 bits per heavy atom. The fourth-order valence-electron chi connectivity index (χ4n) is 2.58. The van der Waals surface area contributed by atoms with Crippen molar-refractivity contribution in [2.24, 2.45) is 5.92 Å². The molecule has 0 N–H and O–H groups in total. The average Bonchev–Trinajstić information content (AvgIpc) is 2.86. The van der Waals surface area contributed by atoms with Crippen molar-refractivity contribution < 1.29 is 23.9 Å².